The summed E-state index contributed by atoms with van der Waals surface area (Å²) in [5.41, 5.74) is -0.959. The third-order valence-electron chi connectivity index (χ3n) is 2.24. The summed E-state index contributed by atoms with van der Waals surface area (Å²) >= 11 is 5.78. The molecule has 1 heterocycles. The summed E-state index contributed by atoms with van der Waals surface area (Å²) in [6.07, 6.45) is 0.999. The third-order valence-corrected chi connectivity index (χ3v) is 2.54. The second-order valence-electron chi connectivity index (χ2n) is 4.56. The number of nitrogens with zero attached hydrogens (tertiary/aromatic N) is 2. The second-order valence-corrected chi connectivity index (χ2v) is 4.92. The van der Waals surface area contributed by atoms with Gasteiger partial charge in [0, 0.05) is 13.2 Å². The molecule has 0 saturated carbocycles. The van der Waals surface area contributed by atoms with Gasteiger partial charge < -0.3 is 10.1 Å². The number of ether oxygens (including phenoxy) is 1. The first-order valence-electron chi connectivity index (χ1n) is 5.38. The number of carbonyl (C=O) groups is 1. The number of nitrogens with one attached hydrogen (secondary N) is 1. The van der Waals surface area contributed by atoms with Crippen LogP contribution >= 0.6 is 11.6 Å². The molecule has 0 unspecified atom stereocenters. The quantitative estimate of drug-likeness (QED) is 0.506. The molecular formula is C11H14ClN3O4. The van der Waals surface area contributed by atoms with E-state index < -0.39 is 16.4 Å². The Hall–Kier alpha value is -1.73. The average Bonchev–Trinajstić information content (AvgIpc) is 2.28. The third kappa shape index (κ3) is 4.15. The van der Waals surface area contributed by atoms with Crippen molar-refractivity contribution < 1.29 is 14.5 Å². The Labute approximate surface area is 115 Å². The van der Waals surface area contributed by atoms with Crippen LogP contribution < -0.4 is 5.32 Å². The topological polar surface area (TPSA) is 94.4 Å². The first-order chi connectivity index (χ1) is 8.76. The predicted molar refractivity (Wildman–Crippen MR) is 69.3 cm³/mol. The largest absolute Gasteiger partial charge is 0.382 e. The normalized spacial score (nSPS) is 11.2. The van der Waals surface area contributed by atoms with Gasteiger partial charge in [-0.25, -0.2) is 4.98 Å². The van der Waals surface area contributed by atoms with Crippen LogP contribution in [0.15, 0.2) is 12.3 Å². The van der Waals surface area contributed by atoms with Gasteiger partial charge in [-0.05, 0) is 13.8 Å². The number of rotatable bonds is 5. The summed E-state index contributed by atoms with van der Waals surface area (Å²) in [5, 5.41) is 13.2. The first-order valence-corrected chi connectivity index (χ1v) is 5.76. The monoisotopic (exact) mass is 287 g/mol. The molecule has 0 aromatic carbocycles. The molecule has 8 heteroatoms. The highest BCUT2D eigenvalue weighted by Gasteiger charge is 2.24. The van der Waals surface area contributed by atoms with E-state index in [1.54, 1.807) is 13.8 Å². The van der Waals surface area contributed by atoms with Crippen molar-refractivity contribution in [2.45, 2.75) is 19.4 Å². The Kier molecular flexibility index (Phi) is 4.79. The molecule has 0 spiro atoms. The molecule has 0 bridgehead atoms. The van der Waals surface area contributed by atoms with Crippen LogP contribution in [0.4, 0.5) is 5.69 Å². The Morgan fingerprint density at radius 2 is 2.26 bits per heavy atom. The van der Waals surface area contributed by atoms with E-state index >= 15 is 0 Å². The molecular weight excluding hydrogens is 274 g/mol. The van der Waals surface area contributed by atoms with Crippen molar-refractivity contribution in [1.29, 1.82) is 0 Å². The lowest BCUT2D eigenvalue weighted by molar-refractivity contribution is -0.385. The zero-order valence-electron chi connectivity index (χ0n) is 10.8. The molecule has 0 saturated heterocycles. The number of nitro groups is 1. The van der Waals surface area contributed by atoms with Crippen molar-refractivity contribution in [2.24, 2.45) is 0 Å². The van der Waals surface area contributed by atoms with Gasteiger partial charge in [0.15, 0.2) is 0 Å². The Balaban J connectivity index is 2.99. The van der Waals surface area contributed by atoms with Crippen molar-refractivity contribution in [2.75, 3.05) is 13.7 Å². The Morgan fingerprint density at radius 1 is 1.63 bits per heavy atom. The minimum atomic E-state index is -0.638. The van der Waals surface area contributed by atoms with Gasteiger partial charge in [-0.2, -0.15) is 0 Å². The molecule has 104 valence electrons. The fourth-order valence-electron chi connectivity index (χ4n) is 1.47. The fourth-order valence-corrected chi connectivity index (χ4v) is 1.66. The van der Waals surface area contributed by atoms with E-state index in [0.717, 1.165) is 12.3 Å². The number of hydrogen-bond donors (Lipinski definition) is 1. The van der Waals surface area contributed by atoms with Gasteiger partial charge in [-0.1, -0.05) is 11.6 Å². The van der Waals surface area contributed by atoms with Crippen LogP contribution in [0.5, 0.6) is 0 Å². The molecule has 0 aliphatic heterocycles. The molecule has 1 N–H and O–H groups in total. The van der Waals surface area contributed by atoms with Crippen molar-refractivity contribution >= 4 is 23.2 Å². The second kappa shape index (κ2) is 5.94. The van der Waals surface area contributed by atoms with Crippen LogP contribution in [0.3, 0.4) is 0 Å². The SMILES string of the molecule is COCC(C)(C)NC(=O)c1cc([N+](=O)[O-])cnc1Cl. The summed E-state index contributed by atoms with van der Waals surface area (Å²) < 4.78 is 4.96. The molecule has 0 aliphatic carbocycles. The van der Waals surface area contributed by atoms with E-state index in [1.165, 1.54) is 7.11 Å². The van der Waals surface area contributed by atoms with E-state index in [0.29, 0.717) is 6.61 Å². The number of carbonyl (C=O) groups excluding carboxylic acids is 1. The van der Waals surface area contributed by atoms with Crippen LogP contribution in [0.2, 0.25) is 5.15 Å². The van der Waals surface area contributed by atoms with Crippen LogP contribution in [0.25, 0.3) is 0 Å². The summed E-state index contributed by atoms with van der Waals surface area (Å²) in [6, 6.07) is 1.09. The minimum absolute atomic E-state index is 0.0416. The maximum absolute atomic E-state index is 12.0. The van der Waals surface area contributed by atoms with E-state index in [2.05, 4.69) is 10.3 Å². The van der Waals surface area contributed by atoms with Gasteiger partial charge in [0.2, 0.25) is 0 Å². The Bertz CT molecular complexity index is 505. The molecule has 0 fully saturated rings. The molecule has 0 atom stereocenters. The highest BCUT2D eigenvalue weighted by Crippen LogP contribution is 2.19. The molecule has 19 heavy (non-hydrogen) atoms. The number of hydrogen-bond acceptors (Lipinski definition) is 5. The van der Waals surface area contributed by atoms with Gasteiger partial charge in [0.25, 0.3) is 11.6 Å². The summed E-state index contributed by atoms with van der Waals surface area (Å²) in [5.74, 6) is -0.539. The number of methoxy groups -OCH3 is 1. The van der Waals surface area contributed by atoms with Gasteiger partial charge in [0.1, 0.15) is 11.3 Å². The van der Waals surface area contributed by atoms with Crippen LogP contribution in [-0.2, 0) is 4.74 Å². The van der Waals surface area contributed by atoms with E-state index in [4.69, 9.17) is 16.3 Å². The van der Waals surface area contributed by atoms with Crippen molar-refractivity contribution in [3.8, 4) is 0 Å². The zero-order valence-corrected chi connectivity index (χ0v) is 11.5. The summed E-state index contributed by atoms with van der Waals surface area (Å²) in [7, 11) is 1.51. The standard InChI is InChI=1S/C11H14ClN3O4/c1-11(2,6-19-3)14-10(16)8-4-7(15(17)18)5-13-9(8)12/h4-5H,6H2,1-3H3,(H,14,16). The lowest BCUT2D eigenvalue weighted by Gasteiger charge is -2.25. The zero-order chi connectivity index (χ0) is 14.6. The van der Waals surface area contributed by atoms with Gasteiger partial charge >= 0.3 is 0 Å². The molecule has 7 nitrogen and oxygen atoms in total. The van der Waals surface area contributed by atoms with Crippen molar-refractivity contribution in [3.05, 3.63) is 33.1 Å². The molecule has 1 aromatic rings. The average molecular weight is 288 g/mol. The lowest BCUT2D eigenvalue weighted by Crippen LogP contribution is -2.46. The number of aromatic nitrogens is 1. The minimum Gasteiger partial charge on any atom is -0.382 e. The Morgan fingerprint density at radius 3 is 2.79 bits per heavy atom. The first kappa shape index (κ1) is 15.3. The smallest absolute Gasteiger partial charge is 0.288 e. The highest BCUT2D eigenvalue weighted by atomic mass is 35.5. The fraction of sp³-hybridized carbons (Fsp3) is 0.455. The van der Waals surface area contributed by atoms with Crippen LogP contribution in [0.1, 0.15) is 24.2 Å². The maximum Gasteiger partial charge on any atom is 0.288 e. The molecule has 1 aromatic heterocycles. The maximum atomic E-state index is 12.0. The number of pyridine rings is 1. The van der Waals surface area contributed by atoms with Crippen molar-refractivity contribution in [3.63, 3.8) is 0 Å². The molecule has 1 amide bonds. The van der Waals surface area contributed by atoms with Crippen LogP contribution in [-0.4, -0.2) is 35.1 Å². The summed E-state index contributed by atoms with van der Waals surface area (Å²) in [6.45, 7) is 3.80. The van der Waals surface area contributed by atoms with E-state index in [1.807, 2.05) is 0 Å². The summed E-state index contributed by atoms with van der Waals surface area (Å²) in [4.78, 5) is 25.7. The highest BCUT2D eigenvalue weighted by molar-refractivity contribution is 6.32. The molecule has 1 rings (SSSR count). The lowest BCUT2D eigenvalue weighted by atomic mass is 10.1. The van der Waals surface area contributed by atoms with Gasteiger partial charge in [-0.3, -0.25) is 14.9 Å². The van der Waals surface area contributed by atoms with E-state index in [-0.39, 0.29) is 16.4 Å². The number of amides is 1. The number of halogens is 1. The van der Waals surface area contributed by atoms with Crippen LogP contribution in [0, 0.1) is 10.1 Å². The van der Waals surface area contributed by atoms with E-state index in [9.17, 15) is 14.9 Å². The van der Waals surface area contributed by atoms with Crippen molar-refractivity contribution in [1.82, 2.24) is 10.3 Å². The predicted octanol–water partition coefficient (Wildman–Crippen LogP) is 1.80. The van der Waals surface area contributed by atoms with Gasteiger partial charge in [0.05, 0.1) is 22.6 Å². The van der Waals surface area contributed by atoms with Gasteiger partial charge in [-0.15, -0.1) is 0 Å². The molecule has 0 aliphatic rings. The molecule has 0 radical (unpaired) electrons.